The third-order valence-corrected chi connectivity index (χ3v) is 2.71. The van der Waals surface area contributed by atoms with Gasteiger partial charge in [-0.3, -0.25) is 0 Å². The second-order valence-corrected chi connectivity index (χ2v) is 4.14. The van der Waals surface area contributed by atoms with Gasteiger partial charge in [-0.05, 0) is 30.7 Å². The zero-order valence-corrected chi connectivity index (χ0v) is 11.4. The summed E-state index contributed by atoms with van der Waals surface area (Å²) in [6.45, 7) is 2.00. The van der Waals surface area contributed by atoms with Crippen LogP contribution in [0.5, 0.6) is 0 Å². The highest BCUT2D eigenvalue weighted by Crippen LogP contribution is 2.10. The molecule has 0 radical (unpaired) electrons. The van der Waals surface area contributed by atoms with E-state index in [0.717, 1.165) is 5.56 Å². The molecule has 0 aliphatic heterocycles. The van der Waals surface area contributed by atoms with E-state index in [9.17, 15) is 9.90 Å². The van der Waals surface area contributed by atoms with Gasteiger partial charge in [0.15, 0.2) is 0 Å². The lowest BCUT2D eigenvalue weighted by atomic mass is 10.0. The molecule has 1 rings (SSSR count). The number of benzene rings is 1. The van der Waals surface area contributed by atoms with Gasteiger partial charge in [-0.15, -0.1) is 0 Å². The summed E-state index contributed by atoms with van der Waals surface area (Å²) in [5.74, 6) is 5.28. The smallest absolute Gasteiger partial charge is 0.337 e. The Morgan fingerprint density at radius 2 is 1.95 bits per heavy atom. The van der Waals surface area contributed by atoms with E-state index in [1.807, 2.05) is 6.92 Å². The Bertz CT molecular complexity index is 481. The number of carbonyl (C=O) groups is 1. The molecular weight excluding hydrogens is 244 g/mol. The molecule has 4 heteroatoms. The van der Waals surface area contributed by atoms with Crippen LogP contribution in [0.2, 0.25) is 0 Å². The SMILES string of the molecule is CCC(O)(C#Cc1ccc(C(=O)OC)cc1)COC. The summed E-state index contributed by atoms with van der Waals surface area (Å²) in [4.78, 5) is 11.3. The van der Waals surface area contributed by atoms with E-state index in [-0.39, 0.29) is 12.6 Å². The van der Waals surface area contributed by atoms with Crippen LogP contribution in [0, 0.1) is 11.8 Å². The Morgan fingerprint density at radius 3 is 2.42 bits per heavy atom. The average Bonchev–Trinajstić information content (AvgIpc) is 2.45. The fourth-order valence-corrected chi connectivity index (χ4v) is 1.46. The molecule has 1 atom stereocenters. The van der Waals surface area contributed by atoms with E-state index >= 15 is 0 Å². The molecular formula is C15H18O4. The molecule has 0 spiro atoms. The Morgan fingerprint density at radius 1 is 1.32 bits per heavy atom. The summed E-state index contributed by atoms with van der Waals surface area (Å²) in [6, 6.07) is 6.69. The van der Waals surface area contributed by atoms with Crippen molar-refractivity contribution in [1.29, 1.82) is 0 Å². The van der Waals surface area contributed by atoms with E-state index in [1.54, 1.807) is 24.3 Å². The topological polar surface area (TPSA) is 55.8 Å². The molecule has 1 aromatic rings. The van der Waals surface area contributed by atoms with E-state index in [1.165, 1.54) is 14.2 Å². The maximum Gasteiger partial charge on any atom is 0.337 e. The van der Waals surface area contributed by atoms with Crippen molar-refractivity contribution in [1.82, 2.24) is 0 Å². The predicted molar refractivity (Wildman–Crippen MR) is 71.8 cm³/mol. The van der Waals surface area contributed by atoms with Gasteiger partial charge in [0.1, 0.15) is 5.60 Å². The second kappa shape index (κ2) is 6.93. The van der Waals surface area contributed by atoms with Crippen LogP contribution in [-0.4, -0.2) is 37.5 Å². The summed E-state index contributed by atoms with van der Waals surface area (Å²) in [5, 5.41) is 10.1. The first kappa shape index (κ1) is 15.2. The van der Waals surface area contributed by atoms with Gasteiger partial charge in [0, 0.05) is 12.7 Å². The zero-order valence-electron chi connectivity index (χ0n) is 11.4. The van der Waals surface area contributed by atoms with Crippen LogP contribution in [0.15, 0.2) is 24.3 Å². The molecule has 4 nitrogen and oxygen atoms in total. The maximum atomic E-state index is 11.3. The van der Waals surface area contributed by atoms with E-state index in [4.69, 9.17) is 4.74 Å². The lowest BCUT2D eigenvalue weighted by molar-refractivity contribution is 0.0111. The Hall–Kier alpha value is -1.83. The van der Waals surface area contributed by atoms with Crippen LogP contribution in [0.25, 0.3) is 0 Å². The lowest BCUT2D eigenvalue weighted by Gasteiger charge is -2.18. The molecule has 0 aromatic heterocycles. The average molecular weight is 262 g/mol. The molecule has 0 amide bonds. The summed E-state index contributed by atoms with van der Waals surface area (Å²) in [7, 11) is 2.86. The highest BCUT2D eigenvalue weighted by molar-refractivity contribution is 5.89. The van der Waals surface area contributed by atoms with Gasteiger partial charge < -0.3 is 14.6 Å². The highest BCUT2D eigenvalue weighted by atomic mass is 16.5. The number of carbonyl (C=O) groups excluding carboxylic acids is 1. The number of aliphatic hydroxyl groups is 1. The standard InChI is InChI=1S/C15H18O4/c1-4-15(17,11-18-2)10-9-12-5-7-13(8-6-12)14(16)19-3/h5-8,17H,4,11H2,1-3H3. The van der Waals surface area contributed by atoms with Crippen LogP contribution in [0.4, 0.5) is 0 Å². The molecule has 1 unspecified atom stereocenters. The lowest BCUT2D eigenvalue weighted by Crippen LogP contribution is -2.31. The number of esters is 1. The normalized spacial score (nSPS) is 13.1. The molecule has 0 heterocycles. The number of methoxy groups -OCH3 is 2. The van der Waals surface area contributed by atoms with Crippen molar-refractivity contribution in [2.75, 3.05) is 20.8 Å². The van der Waals surface area contributed by atoms with Crippen LogP contribution < -0.4 is 0 Å². The van der Waals surface area contributed by atoms with E-state index in [2.05, 4.69) is 16.6 Å². The number of hydrogen-bond donors (Lipinski definition) is 1. The molecule has 102 valence electrons. The van der Waals surface area contributed by atoms with Crippen molar-refractivity contribution in [3.63, 3.8) is 0 Å². The van der Waals surface area contributed by atoms with Gasteiger partial charge >= 0.3 is 5.97 Å². The van der Waals surface area contributed by atoms with Crippen molar-refractivity contribution in [3.8, 4) is 11.8 Å². The predicted octanol–water partition coefficient (Wildman–Crippen LogP) is 1.61. The highest BCUT2D eigenvalue weighted by Gasteiger charge is 2.21. The molecule has 0 saturated carbocycles. The fourth-order valence-electron chi connectivity index (χ4n) is 1.46. The molecule has 0 bridgehead atoms. The number of ether oxygens (including phenoxy) is 2. The molecule has 0 saturated heterocycles. The summed E-state index contributed by atoms with van der Waals surface area (Å²) >= 11 is 0. The van der Waals surface area contributed by atoms with Crippen molar-refractivity contribution < 1.29 is 19.4 Å². The summed E-state index contributed by atoms with van der Waals surface area (Å²) < 4.78 is 9.55. The van der Waals surface area contributed by atoms with Crippen LogP contribution >= 0.6 is 0 Å². The third kappa shape index (κ3) is 4.40. The molecule has 0 aliphatic rings. The quantitative estimate of drug-likeness (QED) is 0.661. The maximum absolute atomic E-state index is 11.3. The second-order valence-electron chi connectivity index (χ2n) is 4.14. The molecule has 0 aliphatic carbocycles. The molecule has 0 fully saturated rings. The molecule has 1 aromatic carbocycles. The third-order valence-electron chi connectivity index (χ3n) is 2.71. The van der Waals surface area contributed by atoms with Crippen LogP contribution in [0.1, 0.15) is 29.3 Å². The molecule has 19 heavy (non-hydrogen) atoms. The van der Waals surface area contributed by atoms with Gasteiger partial charge in [0.05, 0.1) is 19.3 Å². The fraction of sp³-hybridized carbons (Fsp3) is 0.400. The summed E-state index contributed by atoms with van der Waals surface area (Å²) in [5.41, 5.74) is 0.0433. The van der Waals surface area contributed by atoms with Gasteiger partial charge in [-0.1, -0.05) is 18.8 Å². The van der Waals surface area contributed by atoms with Crippen molar-refractivity contribution in [3.05, 3.63) is 35.4 Å². The minimum atomic E-state index is -1.14. The first-order valence-electron chi connectivity index (χ1n) is 5.97. The van der Waals surface area contributed by atoms with Gasteiger partial charge in [-0.25, -0.2) is 4.79 Å². The Kier molecular flexibility index (Phi) is 5.56. The summed E-state index contributed by atoms with van der Waals surface area (Å²) in [6.07, 6.45) is 0.480. The first-order valence-corrected chi connectivity index (χ1v) is 5.97. The minimum Gasteiger partial charge on any atom is -0.465 e. The van der Waals surface area contributed by atoms with Crippen LogP contribution in [0.3, 0.4) is 0 Å². The minimum absolute atomic E-state index is 0.163. The van der Waals surface area contributed by atoms with Crippen LogP contribution in [-0.2, 0) is 9.47 Å². The van der Waals surface area contributed by atoms with Gasteiger partial charge in [0.2, 0.25) is 0 Å². The van der Waals surface area contributed by atoms with Gasteiger partial charge in [0.25, 0.3) is 0 Å². The Labute approximate surface area is 113 Å². The van der Waals surface area contributed by atoms with E-state index < -0.39 is 5.60 Å². The van der Waals surface area contributed by atoms with Crippen molar-refractivity contribution in [2.45, 2.75) is 18.9 Å². The van der Waals surface area contributed by atoms with Crippen molar-refractivity contribution >= 4 is 5.97 Å². The molecule has 1 N–H and O–H groups in total. The largest absolute Gasteiger partial charge is 0.465 e. The van der Waals surface area contributed by atoms with E-state index in [0.29, 0.717) is 12.0 Å². The van der Waals surface area contributed by atoms with Crippen molar-refractivity contribution in [2.24, 2.45) is 0 Å². The first-order chi connectivity index (χ1) is 9.04. The number of rotatable bonds is 4. The van der Waals surface area contributed by atoms with Gasteiger partial charge in [-0.2, -0.15) is 0 Å². The number of hydrogen-bond acceptors (Lipinski definition) is 4. The Balaban J connectivity index is 2.86. The zero-order chi connectivity index (χ0) is 14.3. The monoisotopic (exact) mass is 262 g/mol.